The summed E-state index contributed by atoms with van der Waals surface area (Å²) in [7, 11) is 1.98. The molecular formula is C14H13N3O. The van der Waals surface area contributed by atoms with Crippen LogP contribution in [-0.2, 0) is 13.6 Å². The molecule has 0 fully saturated rings. The lowest BCUT2D eigenvalue weighted by atomic mass is 10.2. The van der Waals surface area contributed by atoms with Crippen molar-refractivity contribution in [2.75, 3.05) is 0 Å². The van der Waals surface area contributed by atoms with E-state index in [9.17, 15) is 4.79 Å². The van der Waals surface area contributed by atoms with E-state index in [4.69, 9.17) is 0 Å². The van der Waals surface area contributed by atoms with Gasteiger partial charge in [0.25, 0.3) is 0 Å². The Morgan fingerprint density at radius 2 is 2.22 bits per heavy atom. The Kier molecular flexibility index (Phi) is 2.48. The van der Waals surface area contributed by atoms with Crippen molar-refractivity contribution in [2.24, 2.45) is 7.05 Å². The molecule has 3 rings (SSSR count). The van der Waals surface area contributed by atoms with E-state index in [2.05, 4.69) is 15.6 Å². The van der Waals surface area contributed by atoms with Crippen molar-refractivity contribution in [3.63, 3.8) is 0 Å². The second-order valence-electron chi connectivity index (χ2n) is 4.38. The van der Waals surface area contributed by atoms with Gasteiger partial charge in [-0.05, 0) is 17.5 Å². The molecule has 0 aliphatic heterocycles. The molecule has 4 heteroatoms. The van der Waals surface area contributed by atoms with Crippen LogP contribution in [0.25, 0.3) is 10.9 Å². The number of aldehydes is 1. The van der Waals surface area contributed by atoms with Gasteiger partial charge >= 0.3 is 0 Å². The molecule has 0 saturated heterocycles. The molecule has 18 heavy (non-hydrogen) atoms. The first kappa shape index (κ1) is 10.8. The van der Waals surface area contributed by atoms with E-state index in [1.807, 2.05) is 42.2 Å². The average Bonchev–Trinajstić information content (AvgIpc) is 2.97. The number of hydrogen-bond donors (Lipinski definition) is 0. The second-order valence-corrected chi connectivity index (χ2v) is 4.38. The van der Waals surface area contributed by atoms with Crippen LogP contribution in [0.15, 0.2) is 43.0 Å². The van der Waals surface area contributed by atoms with Crippen molar-refractivity contribution in [1.29, 1.82) is 0 Å². The number of rotatable bonds is 3. The highest BCUT2D eigenvalue weighted by molar-refractivity contribution is 5.87. The highest BCUT2D eigenvalue weighted by Gasteiger charge is 2.05. The summed E-state index contributed by atoms with van der Waals surface area (Å²) in [4.78, 5) is 14.9. The Labute approximate surface area is 104 Å². The van der Waals surface area contributed by atoms with Gasteiger partial charge in [0.1, 0.15) is 6.29 Å². The number of aryl methyl sites for hydroxylation is 1. The van der Waals surface area contributed by atoms with E-state index < -0.39 is 0 Å². The smallest absolute Gasteiger partial charge is 0.150 e. The molecule has 0 aliphatic rings. The Hall–Kier alpha value is -2.36. The lowest BCUT2D eigenvalue weighted by Crippen LogP contribution is -2.02. The van der Waals surface area contributed by atoms with Crippen LogP contribution in [0.3, 0.4) is 0 Å². The van der Waals surface area contributed by atoms with E-state index >= 15 is 0 Å². The van der Waals surface area contributed by atoms with Gasteiger partial charge < -0.3 is 9.13 Å². The minimum atomic E-state index is 0.701. The maximum absolute atomic E-state index is 10.8. The topological polar surface area (TPSA) is 39.8 Å². The molecule has 4 nitrogen and oxygen atoms in total. The van der Waals surface area contributed by atoms with Gasteiger partial charge in [-0.1, -0.05) is 12.1 Å². The van der Waals surface area contributed by atoms with Crippen molar-refractivity contribution in [3.05, 3.63) is 54.2 Å². The molecule has 0 aliphatic carbocycles. The van der Waals surface area contributed by atoms with Crippen molar-refractivity contribution < 1.29 is 4.79 Å². The Bertz CT molecular complexity index is 709. The van der Waals surface area contributed by atoms with Gasteiger partial charge in [-0.15, -0.1) is 0 Å². The fourth-order valence-electron chi connectivity index (χ4n) is 2.12. The number of nitrogens with zero attached hydrogens (tertiary/aromatic N) is 3. The quantitative estimate of drug-likeness (QED) is 0.657. The van der Waals surface area contributed by atoms with Crippen LogP contribution in [0.5, 0.6) is 0 Å². The van der Waals surface area contributed by atoms with Gasteiger partial charge in [0.05, 0.1) is 18.6 Å². The molecule has 2 heterocycles. The van der Waals surface area contributed by atoms with Gasteiger partial charge in [0, 0.05) is 30.5 Å². The summed E-state index contributed by atoms with van der Waals surface area (Å²) in [6, 6.07) is 7.78. The average molecular weight is 239 g/mol. The summed E-state index contributed by atoms with van der Waals surface area (Å²) in [5, 5.41) is 1.14. The molecule has 0 amide bonds. The van der Waals surface area contributed by atoms with E-state index in [0.29, 0.717) is 5.56 Å². The van der Waals surface area contributed by atoms with E-state index in [0.717, 1.165) is 29.4 Å². The zero-order chi connectivity index (χ0) is 12.5. The van der Waals surface area contributed by atoms with Crippen LogP contribution in [0, 0.1) is 0 Å². The standard InChI is InChI=1S/C14H13N3O/c1-16-10-15-7-13(16)8-17-5-4-12-3-2-11(9-18)6-14(12)17/h2-7,9-10H,8H2,1H3. The molecule has 0 unspecified atom stereocenters. The third kappa shape index (κ3) is 1.72. The van der Waals surface area contributed by atoms with Gasteiger partial charge in [-0.3, -0.25) is 4.79 Å². The molecule has 0 spiro atoms. The number of fused-ring (bicyclic) bond motifs is 1. The van der Waals surface area contributed by atoms with Crippen molar-refractivity contribution in [1.82, 2.24) is 14.1 Å². The fraction of sp³-hybridized carbons (Fsp3) is 0.143. The highest BCUT2D eigenvalue weighted by Crippen LogP contribution is 2.18. The summed E-state index contributed by atoms with van der Waals surface area (Å²) in [6.45, 7) is 0.752. The molecule has 3 aromatic rings. The summed E-state index contributed by atoms with van der Waals surface area (Å²) in [5.74, 6) is 0. The number of imidazole rings is 1. The first-order valence-corrected chi connectivity index (χ1v) is 5.77. The van der Waals surface area contributed by atoms with Crippen LogP contribution < -0.4 is 0 Å². The van der Waals surface area contributed by atoms with Crippen LogP contribution >= 0.6 is 0 Å². The van der Waals surface area contributed by atoms with E-state index in [1.165, 1.54) is 0 Å². The van der Waals surface area contributed by atoms with E-state index in [-0.39, 0.29) is 0 Å². The maximum atomic E-state index is 10.8. The molecule has 0 atom stereocenters. The molecular weight excluding hydrogens is 226 g/mol. The number of carbonyl (C=O) groups is 1. The largest absolute Gasteiger partial charge is 0.341 e. The van der Waals surface area contributed by atoms with Crippen molar-refractivity contribution in [3.8, 4) is 0 Å². The second kappa shape index (κ2) is 4.14. The molecule has 90 valence electrons. The van der Waals surface area contributed by atoms with Gasteiger partial charge in [0.15, 0.2) is 0 Å². The zero-order valence-corrected chi connectivity index (χ0v) is 10.1. The Balaban J connectivity index is 2.06. The summed E-state index contributed by atoms with van der Waals surface area (Å²) in [6.07, 6.45) is 6.56. The Morgan fingerprint density at radius 3 is 2.94 bits per heavy atom. The number of carbonyl (C=O) groups excluding carboxylic acids is 1. The normalized spacial score (nSPS) is 10.9. The summed E-state index contributed by atoms with van der Waals surface area (Å²) < 4.78 is 4.12. The first-order chi connectivity index (χ1) is 8.78. The molecule has 0 N–H and O–H groups in total. The number of benzene rings is 1. The lowest BCUT2D eigenvalue weighted by molar-refractivity contribution is 0.112. The van der Waals surface area contributed by atoms with Gasteiger partial charge in [0.2, 0.25) is 0 Å². The molecule has 0 radical (unpaired) electrons. The fourth-order valence-corrected chi connectivity index (χ4v) is 2.12. The van der Waals surface area contributed by atoms with E-state index in [1.54, 1.807) is 6.33 Å². The van der Waals surface area contributed by atoms with Crippen LogP contribution in [-0.4, -0.2) is 20.4 Å². The SMILES string of the molecule is Cn1cncc1Cn1ccc2ccc(C=O)cc21. The predicted octanol–water partition coefficient (Wildman–Crippen LogP) is 2.24. The summed E-state index contributed by atoms with van der Waals surface area (Å²) in [5.41, 5.74) is 2.90. The third-order valence-corrected chi connectivity index (χ3v) is 3.18. The summed E-state index contributed by atoms with van der Waals surface area (Å²) >= 11 is 0. The predicted molar refractivity (Wildman–Crippen MR) is 69.6 cm³/mol. The van der Waals surface area contributed by atoms with Crippen molar-refractivity contribution >= 4 is 17.2 Å². The van der Waals surface area contributed by atoms with Crippen LogP contribution in [0.4, 0.5) is 0 Å². The molecule has 2 aromatic heterocycles. The monoisotopic (exact) mass is 239 g/mol. The minimum absolute atomic E-state index is 0.701. The zero-order valence-electron chi connectivity index (χ0n) is 10.1. The highest BCUT2D eigenvalue weighted by atomic mass is 16.1. The first-order valence-electron chi connectivity index (χ1n) is 5.77. The lowest BCUT2D eigenvalue weighted by Gasteiger charge is -2.06. The Morgan fingerprint density at radius 1 is 1.33 bits per heavy atom. The molecule has 0 saturated carbocycles. The van der Waals surface area contributed by atoms with Crippen LogP contribution in [0.1, 0.15) is 16.1 Å². The number of hydrogen-bond acceptors (Lipinski definition) is 2. The third-order valence-electron chi connectivity index (χ3n) is 3.18. The molecule has 0 bridgehead atoms. The van der Waals surface area contributed by atoms with Crippen LogP contribution in [0.2, 0.25) is 0 Å². The number of aromatic nitrogens is 3. The molecule has 1 aromatic carbocycles. The maximum Gasteiger partial charge on any atom is 0.150 e. The van der Waals surface area contributed by atoms with Crippen molar-refractivity contribution in [2.45, 2.75) is 6.54 Å². The van der Waals surface area contributed by atoms with Gasteiger partial charge in [-0.25, -0.2) is 4.98 Å². The minimum Gasteiger partial charge on any atom is -0.341 e. The van der Waals surface area contributed by atoms with Gasteiger partial charge in [-0.2, -0.15) is 0 Å².